The van der Waals surface area contributed by atoms with Crippen LogP contribution in [0.3, 0.4) is 0 Å². The SMILES string of the molecule is O=[N+]([O-])c1cccc(Nc2ncccc2CNCc2ccncc2)c1. The second-order valence-electron chi connectivity index (χ2n) is 5.40. The van der Waals surface area contributed by atoms with E-state index in [0.717, 1.165) is 11.1 Å². The summed E-state index contributed by atoms with van der Waals surface area (Å²) in [6.07, 6.45) is 5.21. The van der Waals surface area contributed by atoms with Crippen molar-refractivity contribution in [2.45, 2.75) is 13.1 Å². The molecule has 0 radical (unpaired) electrons. The Bertz CT molecular complexity index is 855. The van der Waals surface area contributed by atoms with Crippen molar-refractivity contribution in [3.8, 4) is 0 Å². The summed E-state index contributed by atoms with van der Waals surface area (Å²) in [4.78, 5) is 18.8. The Hall–Kier alpha value is -3.32. The lowest BCUT2D eigenvalue weighted by atomic mass is 10.2. The smallest absolute Gasteiger partial charge is 0.271 e. The molecule has 7 heteroatoms. The fourth-order valence-electron chi connectivity index (χ4n) is 2.37. The number of non-ortho nitro benzene ring substituents is 1. The summed E-state index contributed by atoms with van der Waals surface area (Å²) in [5.74, 6) is 0.672. The van der Waals surface area contributed by atoms with Crippen LogP contribution in [0.5, 0.6) is 0 Å². The maximum absolute atomic E-state index is 10.9. The van der Waals surface area contributed by atoms with Crippen LogP contribution in [-0.4, -0.2) is 14.9 Å². The first-order valence-electron chi connectivity index (χ1n) is 7.77. The highest BCUT2D eigenvalue weighted by molar-refractivity contribution is 5.61. The molecule has 0 saturated carbocycles. The molecule has 3 rings (SSSR count). The van der Waals surface area contributed by atoms with E-state index < -0.39 is 4.92 Å². The zero-order valence-corrected chi connectivity index (χ0v) is 13.4. The minimum atomic E-state index is -0.416. The molecule has 0 spiro atoms. The number of nitro groups is 1. The molecule has 1 aromatic carbocycles. The predicted molar refractivity (Wildman–Crippen MR) is 95.4 cm³/mol. The molecular formula is C18H17N5O2. The Morgan fingerprint density at radius 1 is 1.00 bits per heavy atom. The van der Waals surface area contributed by atoms with Gasteiger partial charge in [-0.2, -0.15) is 0 Å². The van der Waals surface area contributed by atoms with E-state index >= 15 is 0 Å². The van der Waals surface area contributed by atoms with Crippen LogP contribution in [0.25, 0.3) is 0 Å². The van der Waals surface area contributed by atoms with Gasteiger partial charge in [-0.3, -0.25) is 15.1 Å². The van der Waals surface area contributed by atoms with Crippen molar-refractivity contribution in [1.82, 2.24) is 15.3 Å². The van der Waals surface area contributed by atoms with Crippen molar-refractivity contribution >= 4 is 17.2 Å². The van der Waals surface area contributed by atoms with Gasteiger partial charge in [-0.15, -0.1) is 0 Å². The highest BCUT2D eigenvalue weighted by Gasteiger charge is 2.08. The van der Waals surface area contributed by atoms with Gasteiger partial charge in [0.05, 0.1) is 4.92 Å². The highest BCUT2D eigenvalue weighted by atomic mass is 16.6. The van der Waals surface area contributed by atoms with Crippen LogP contribution in [0.15, 0.2) is 67.1 Å². The van der Waals surface area contributed by atoms with E-state index in [9.17, 15) is 10.1 Å². The zero-order chi connectivity index (χ0) is 17.5. The molecule has 0 bridgehead atoms. The maximum atomic E-state index is 10.9. The van der Waals surface area contributed by atoms with Gasteiger partial charge in [0.2, 0.25) is 0 Å². The van der Waals surface area contributed by atoms with Gasteiger partial charge in [0.1, 0.15) is 5.82 Å². The number of nitro benzene ring substituents is 1. The first-order chi connectivity index (χ1) is 12.2. The summed E-state index contributed by atoms with van der Waals surface area (Å²) in [7, 11) is 0. The number of pyridine rings is 2. The van der Waals surface area contributed by atoms with Crippen molar-refractivity contribution in [1.29, 1.82) is 0 Å². The van der Waals surface area contributed by atoms with Gasteiger partial charge < -0.3 is 10.6 Å². The quantitative estimate of drug-likeness (QED) is 0.508. The summed E-state index contributed by atoms with van der Waals surface area (Å²) < 4.78 is 0. The van der Waals surface area contributed by atoms with E-state index in [0.29, 0.717) is 24.6 Å². The summed E-state index contributed by atoms with van der Waals surface area (Å²) in [5.41, 5.74) is 2.79. The van der Waals surface area contributed by atoms with Crippen LogP contribution >= 0.6 is 0 Å². The molecule has 0 amide bonds. The Morgan fingerprint density at radius 2 is 1.84 bits per heavy atom. The molecule has 0 aliphatic carbocycles. The molecule has 2 heterocycles. The third kappa shape index (κ3) is 4.58. The molecule has 7 nitrogen and oxygen atoms in total. The number of anilines is 2. The minimum Gasteiger partial charge on any atom is -0.340 e. The summed E-state index contributed by atoms with van der Waals surface area (Å²) >= 11 is 0. The Kier molecular flexibility index (Phi) is 5.28. The summed E-state index contributed by atoms with van der Waals surface area (Å²) in [6, 6.07) is 14.1. The molecule has 2 aromatic heterocycles. The third-order valence-corrected chi connectivity index (χ3v) is 3.60. The fourth-order valence-corrected chi connectivity index (χ4v) is 2.37. The number of rotatable bonds is 7. The lowest BCUT2D eigenvalue weighted by Crippen LogP contribution is -2.14. The predicted octanol–water partition coefficient (Wildman–Crippen LogP) is 3.42. The lowest BCUT2D eigenvalue weighted by molar-refractivity contribution is -0.384. The van der Waals surface area contributed by atoms with Gasteiger partial charge >= 0.3 is 0 Å². The van der Waals surface area contributed by atoms with E-state index in [-0.39, 0.29) is 5.69 Å². The number of nitrogens with one attached hydrogen (secondary N) is 2. The fraction of sp³-hybridized carbons (Fsp3) is 0.111. The number of aromatic nitrogens is 2. The van der Waals surface area contributed by atoms with Crippen LogP contribution in [0.2, 0.25) is 0 Å². The molecule has 0 atom stereocenters. The van der Waals surface area contributed by atoms with Crippen LogP contribution in [0.1, 0.15) is 11.1 Å². The van der Waals surface area contributed by atoms with Gasteiger partial charge in [-0.25, -0.2) is 4.98 Å². The first kappa shape index (κ1) is 16.5. The van der Waals surface area contributed by atoms with Crippen LogP contribution < -0.4 is 10.6 Å². The van der Waals surface area contributed by atoms with Crippen LogP contribution in [-0.2, 0) is 13.1 Å². The second kappa shape index (κ2) is 7.98. The average molecular weight is 335 g/mol. The Morgan fingerprint density at radius 3 is 2.64 bits per heavy atom. The molecule has 2 N–H and O–H groups in total. The van der Waals surface area contributed by atoms with E-state index in [1.165, 1.54) is 12.1 Å². The van der Waals surface area contributed by atoms with E-state index in [1.54, 1.807) is 30.7 Å². The molecule has 0 aliphatic heterocycles. The van der Waals surface area contributed by atoms with Crippen LogP contribution in [0, 0.1) is 10.1 Å². The van der Waals surface area contributed by atoms with Gasteiger partial charge in [0.15, 0.2) is 0 Å². The number of hydrogen-bond donors (Lipinski definition) is 2. The first-order valence-corrected chi connectivity index (χ1v) is 7.77. The van der Waals surface area contributed by atoms with E-state index in [2.05, 4.69) is 20.6 Å². The van der Waals surface area contributed by atoms with Gasteiger partial charge in [-0.05, 0) is 29.8 Å². The molecule has 0 fully saturated rings. The van der Waals surface area contributed by atoms with Gasteiger partial charge in [0.25, 0.3) is 5.69 Å². The Balaban J connectivity index is 1.68. The molecule has 126 valence electrons. The normalized spacial score (nSPS) is 10.4. The average Bonchev–Trinajstić information content (AvgIpc) is 2.64. The third-order valence-electron chi connectivity index (χ3n) is 3.60. The van der Waals surface area contributed by atoms with E-state index in [4.69, 9.17) is 0 Å². The minimum absolute atomic E-state index is 0.0401. The molecular weight excluding hydrogens is 318 g/mol. The standard InChI is InChI=1S/C18H17N5O2/c24-23(25)17-5-1-4-16(11-17)22-18-15(3-2-8-21-18)13-20-12-14-6-9-19-10-7-14/h1-11,20H,12-13H2,(H,21,22). The Labute approximate surface area is 144 Å². The molecule has 0 unspecified atom stereocenters. The largest absolute Gasteiger partial charge is 0.340 e. The van der Waals surface area contributed by atoms with Crippen molar-refractivity contribution < 1.29 is 4.92 Å². The number of nitrogens with zero attached hydrogens (tertiary/aromatic N) is 3. The molecule has 0 aliphatic rings. The topological polar surface area (TPSA) is 93.0 Å². The lowest BCUT2D eigenvalue weighted by Gasteiger charge is -2.11. The van der Waals surface area contributed by atoms with Crippen LogP contribution in [0.4, 0.5) is 17.2 Å². The highest BCUT2D eigenvalue weighted by Crippen LogP contribution is 2.22. The van der Waals surface area contributed by atoms with Crippen molar-refractivity contribution in [3.63, 3.8) is 0 Å². The number of hydrogen-bond acceptors (Lipinski definition) is 6. The summed E-state index contributed by atoms with van der Waals surface area (Å²) in [5, 5.41) is 17.4. The molecule has 3 aromatic rings. The summed E-state index contributed by atoms with van der Waals surface area (Å²) in [6.45, 7) is 1.33. The van der Waals surface area contributed by atoms with Crippen molar-refractivity contribution in [2.24, 2.45) is 0 Å². The van der Waals surface area contributed by atoms with Gasteiger partial charge in [-0.1, -0.05) is 12.1 Å². The number of benzene rings is 1. The zero-order valence-electron chi connectivity index (χ0n) is 13.4. The van der Waals surface area contributed by atoms with E-state index in [1.807, 2.05) is 24.3 Å². The van der Waals surface area contributed by atoms with Crippen molar-refractivity contribution in [2.75, 3.05) is 5.32 Å². The monoisotopic (exact) mass is 335 g/mol. The van der Waals surface area contributed by atoms with Gasteiger partial charge in [0, 0.05) is 55.1 Å². The second-order valence-corrected chi connectivity index (χ2v) is 5.40. The van der Waals surface area contributed by atoms with Crippen molar-refractivity contribution in [3.05, 3.63) is 88.4 Å². The molecule has 0 saturated heterocycles. The molecule has 25 heavy (non-hydrogen) atoms. The maximum Gasteiger partial charge on any atom is 0.271 e.